The highest BCUT2D eigenvalue weighted by atomic mass is 79.9. The molecule has 0 radical (unpaired) electrons. The molecule has 1 aromatic carbocycles. The van der Waals surface area contributed by atoms with Crippen molar-refractivity contribution in [1.82, 2.24) is 0 Å². The first kappa shape index (κ1) is 14.8. The first-order valence-corrected chi connectivity index (χ1v) is 8.89. The highest BCUT2D eigenvalue weighted by Crippen LogP contribution is 2.38. The van der Waals surface area contributed by atoms with Crippen LogP contribution in [0.1, 0.15) is 37.7 Å². The lowest BCUT2D eigenvalue weighted by Gasteiger charge is -2.42. The molecular formula is C16H21BrN2O2. The van der Waals surface area contributed by atoms with E-state index in [1.807, 2.05) is 12.1 Å². The minimum absolute atomic E-state index is 0.211. The second kappa shape index (κ2) is 6.34. The molecule has 0 bridgehead atoms. The minimum atomic E-state index is -0.298. The number of alkyl halides is 1. The average molecular weight is 353 g/mol. The average Bonchev–Trinajstić information content (AvgIpc) is 2.53. The Kier molecular flexibility index (Phi) is 4.48. The zero-order valence-corrected chi connectivity index (χ0v) is 13.7. The van der Waals surface area contributed by atoms with Gasteiger partial charge in [0.05, 0.1) is 4.92 Å². The zero-order chi connectivity index (χ0) is 14.8. The van der Waals surface area contributed by atoms with Gasteiger partial charge < -0.3 is 4.90 Å². The van der Waals surface area contributed by atoms with Gasteiger partial charge in [0.2, 0.25) is 0 Å². The quantitative estimate of drug-likeness (QED) is 0.456. The van der Waals surface area contributed by atoms with Crippen LogP contribution in [0.15, 0.2) is 18.2 Å². The lowest BCUT2D eigenvalue weighted by molar-refractivity contribution is -0.385. The summed E-state index contributed by atoms with van der Waals surface area (Å²) in [6.07, 6.45) is 6.77. The second-order valence-electron chi connectivity index (χ2n) is 6.24. The Morgan fingerprint density at radius 1 is 1.24 bits per heavy atom. The monoisotopic (exact) mass is 352 g/mol. The molecule has 2 unspecified atom stereocenters. The Bertz CT molecular complexity index is 535. The molecule has 1 aromatic rings. The highest BCUT2D eigenvalue weighted by Gasteiger charge is 2.31. The zero-order valence-electron chi connectivity index (χ0n) is 12.1. The van der Waals surface area contributed by atoms with Gasteiger partial charge in [0.15, 0.2) is 0 Å². The van der Waals surface area contributed by atoms with Gasteiger partial charge in [-0.15, -0.1) is 0 Å². The molecule has 1 saturated heterocycles. The van der Waals surface area contributed by atoms with E-state index in [9.17, 15) is 10.1 Å². The summed E-state index contributed by atoms with van der Waals surface area (Å²) in [5.74, 6) is 1.72. The number of hydrogen-bond acceptors (Lipinski definition) is 3. The van der Waals surface area contributed by atoms with Crippen LogP contribution in [-0.2, 0) is 5.33 Å². The summed E-state index contributed by atoms with van der Waals surface area (Å²) in [6.45, 7) is 2.20. The predicted octanol–water partition coefficient (Wildman–Crippen LogP) is 4.51. The van der Waals surface area contributed by atoms with E-state index in [1.165, 1.54) is 32.1 Å². The Labute approximate surface area is 133 Å². The Morgan fingerprint density at radius 2 is 2.00 bits per heavy atom. The molecule has 3 rings (SSSR count). The van der Waals surface area contributed by atoms with E-state index in [1.54, 1.807) is 6.07 Å². The number of nitro benzene ring substituents is 1. The molecule has 0 N–H and O–H groups in total. The molecule has 1 saturated carbocycles. The van der Waals surface area contributed by atoms with Crippen LogP contribution in [0.3, 0.4) is 0 Å². The van der Waals surface area contributed by atoms with Gasteiger partial charge in [-0.1, -0.05) is 35.2 Å². The Hall–Kier alpha value is -1.10. The maximum atomic E-state index is 11.0. The van der Waals surface area contributed by atoms with Crippen LogP contribution in [0.2, 0.25) is 0 Å². The Morgan fingerprint density at radius 3 is 2.71 bits per heavy atom. The van der Waals surface area contributed by atoms with Crippen LogP contribution in [0, 0.1) is 22.0 Å². The number of halogens is 1. The van der Waals surface area contributed by atoms with Crippen LogP contribution < -0.4 is 4.90 Å². The van der Waals surface area contributed by atoms with Crippen LogP contribution in [0.25, 0.3) is 0 Å². The minimum Gasteiger partial charge on any atom is -0.371 e. The fraction of sp³-hybridized carbons (Fsp3) is 0.625. The van der Waals surface area contributed by atoms with Crippen molar-refractivity contribution in [3.05, 3.63) is 33.9 Å². The number of anilines is 1. The lowest BCUT2D eigenvalue weighted by atomic mass is 9.75. The van der Waals surface area contributed by atoms with Gasteiger partial charge in [-0.3, -0.25) is 10.1 Å². The fourth-order valence-corrected chi connectivity index (χ4v) is 4.34. The van der Waals surface area contributed by atoms with Gasteiger partial charge in [0, 0.05) is 35.7 Å². The van der Waals surface area contributed by atoms with Gasteiger partial charge in [-0.2, -0.15) is 0 Å². The number of rotatable bonds is 3. The normalized spacial score (nSPS) is 25.5. The van der Waals surface area contributed by atoms with Crippen molar-refractivity contribution in [2.75, 3.05) is 18.0 Å². The van der Waals surface area contributed by atoms with E-state index >= 15 is 0 Å². The van der Waals surface area contributed by atoms with Crippen molar-refractivity contribution in [1.29, 1.82) is 0 Å². The molecule has 0 amide bonds. The summed E-state index contributed by atoms with van der Waals surface area (Å²) in [6, 6.07) is 5.54. The third kappa shape index (κ3) is 3.07. The summed E-state index contributed by atoms with van der Waals surface area (Å²) in [5, 5.41) is 11.6. The van der Waals surface area contributed by atoms with Crippen molar-refractivity contribution < 1.29 is 4.92 Å². The van der Waals surface area contributed by atoms with Crippen molar-refractivity contribution in [2.45, 2.75) is 37.4 Å². The summed E-state index contributed by atoms with van der Waals surface area (Å²) < 4.78 is 0. The molecule has 114 valence electrons. The third-order valence-electron chi connectivity index (χ3n) is 5.06. The smallest absolute Gasteiger partial charge is 0.273 e. The first-order valence-electron chi connectivity index (χ1n) is 7.77. The van der Waals surface area contributed by atoms with Crippen LogP contribution in [0.4, 0.5) is 11.4 Å². The van der Waals surface area contributed by atoms with E-state index in [-0.39, 0.29) is 10.6 Å². The molecule has 21 heavy (non-hydrogen) atoms. The molecule has 4 nitrogen and oxygen atoms in total. The van der Waals surface area contributed by atoms with Crippen molar-refractivity contribution in [3.63, 3.8) is 0 Å². The number of fused-ring (bicyclic) bond motifs is 1. The number of nitro groups is 1. The van der Waals surface area contributed by atoms with E-state index in [0.29, 0.717) is 5.33 Å². The maximum absolute atomic E-state index is 11.0. The van der Waals surface area contributed by atoms with E-state index in [0.717, 1.165) is 36.2 Å². The van der Waals surface area contributed by atoms with Crippen LogP contribution in [0.5, 0.6) is 0 Å². The molecule has 2 fully saturated rings. The third-order valence-corrected chi connectivity index (χ3v) is 5.66. The molecule has 0 spiro atoms. The van der Waals surface area contributed by atoms with Crippen LogP contribution in [-0.4, -0.2) is 18.0 Å². The van der Waals surface area contributed by atoms with Gasteiger partial charge in [0.1, 0.15) is 0 Å². The van der Waals surface area contributed by atoms with E-state index in [4.69, 9.17) is 0 Å². The molecule has 2 aliphatic rings. The summed E-state index contributed by atoms with van der Waals surface area (Å²) in [4.78, 5) is 13.1. The summed E-state index contributed by atoms with van der Waals surface area (Å²) in [7, 11) is 0. The van der Waals surface area contributed by atoms with Gasteiger partial charge in [0.25, 0.3) is 5.69 Å². The van der Waals surface area contributed by atoms with Crippen molar-refractivity contribution in [3.8, 4) is 0 Å². The molecule has 1 aliphatic heterocycles. The lowest BCUT2D eigenvalue weighted by Crippen LogP contribution is -2.41. The summed E-state index contributed by atoms with van der Waals surface area (Å²) >= 11 is 3.37. The predicted molar refractivity (Wildman–Crippen MR) is 88.0 cm³/mol. The largest absolute Gasteiger partial charge is 0.371 e. The molecule has 0 aromatic heterocycles. The van der Waals surface area contributed by atoms with E-state index in [2.05, 4.69) is 20.8 Å². The molecule has 1 heterocycles. The maximum Gasteiger partial charge on any atom is 0.273 e. The first-order chi connectivity index (χ1) is 10.2. The second-order valence-corrected chi connectivity index (χ2v) is 6.80. The molecule has 1 aliphatic carbocycles. The number of benzene rings is 1. The topological polar surface area (TPSA) is 46.4 Å². The SMILES string of the molecule is O=[N+]([O-])c1ccc(N2CCC3CCCCC3C2)cc1CBr. The number of hydrogen-bond donors (Lipinski definition) is 0. The summed E-state index contributed by atoms with van der Waals surface area (Å²) in [5.41, 5.74) is 2.12. The number of piperidine rings is 1. The van der Waals surface area contributed by atoms with Gasteiger partial charge in [-0.25, -0.2) is 0 Å². The molecular weight excluding hydrogens is 332 g/mol. The molecule has 5 heteroatoms. The van der Waals surface area contributed by atoms with Crippen molar-refractivity contribution >= 4 is 27.3 Å². The Balaban J connectivity index is 1.79. The highest BCUT2D eigenvalue weighted by molar-refractivity contribution is 9.08. The number of nitrogens with zero attached hydrogens (tertiary/aromatic N) is 2. The van der Waals surface area contributed by atoms with E-state index < -0.39 is 0 Å². The molecule has 2 atom stereocenters. The fourth-order valence-electron chi connectivity index (χ4n) is 3.89. The van der Waals surface area contributed by atoms with Gasteiger partial charge >= 0.3 is 0 Å². The standard InChI is InChI=1S/C16H21BrN2O2/c17-10-14-9-15(5-6-16(14)19(20)21)18-8-7-12-3-1-2-4-13(12)11-18/h5-6,9,12-13H,1-4,7-8,10-11H2. The van der Waals surface area contributed by atoms with Gasteiger partial charge in [-0.05, 0) is 36.8 Å². The van der Waals surface area contributed by atoms with Crippen molar-refractivity contribution in [2.24, 2.45) is 11.8 Å². The van der Waals surface area contributed by atoms with Crippen LogP contribution >= 0.6 is 15.9 Å².